The average molecular weight is 179 g/mol. The summed E-state index contributed by atoms with van der Waals surface area (Å²) in [6.45, 7) is 3.10. The minimum Gasteiger partial charge on any atom is -0.383 e. The Morgan fingerprint density at radius 1 is 1.54 bits per heavy atom. The van der Waals surface area contributed by atoms with Gasteiger partial charge in [-0.05, 0) is 50.6 Å². The second-order valence-electron chi connectivity index (χ2n) is 3.20. The number of rotatable bonds is 4. The van der Waals surface area contributed by atoms with Crippen LogP contribution in [0.1, 0.15) is 17.5 Å². The maximum Gasteiger partial charge on any atom is 0.126 e. The molecule has 0 aliphatic heterocycles. The Morgan fingerprint density at radius 2 is 2.31 bits per heavy atom. The predicted molar refractivity (Wildman–Crippen MR) is 55.6 cm³/mol. The van der Waals surface area contributed by atoms with Gasteiger partial charge in [0.2, 0.25) is 0 Å². The molecule has 3 N–H and O–H groups in total. The zero-order valence-corrected chi connectivity index (χ0v) is 8.30. The Hall–Kier alpha value is -1.09. The first-order chi connectivity index (χ1) is 6.25. The smallest absolute Gasteiger partial charge is 0.126 e. The van der Waals surface area contributed by atoms with Gasteiger partial charge in [-0.15, -0.1) is 0 Å². The Bertz CT molecular complexity index is 251. The van der Waals surface area contributed by atoms with Gasteiger partial charge < -0.3 is 11.1 Å². The fraction of sp³-hybridized carbons (Fsp3) is 0.500. The molecule has 0 spiro atoms. The summed E-state index contributed by atoms with van der Waals surface area (Å²) >= 11 is 0. The van der Waals surface area contributed by atoms with Crippen LogP contribution in [0.4, 0.5) is 5.82 Å². The number of nitrogens with one attached hydrogen (secondary N) is 1. The maximum absolute atomic E-state index is 5.77. The first-order valence-electron chi connectivity index (χ1n) is 4.60. The van der Waals surface area contributed by atoms with Gasteiger partial charge in [0, 0.05) is 6.20 Å². The van der Waals surface area contributed by atoms with E-state index >= 15 is 0 Å². The summed E-state index contributed by atoms with van der Waals surface area (Å²) in [5, 5.41) is 3.12. The van der Waals surface area contributed by atoms with E-state index in [4.69, 9.17) is 5.73 Å². The van der Waals surface area contributed by atoms with Gasteiger partial charge in [0.15, 0.2) is 0 Å². The number of aryl methyl sites for hydroxylation is 1. The lowest BCUT2D eigenvalue weighted by Crippen LogP contribution is -2.10. The Labute approximate surface area is 79.4 Å². The molecule has 1 heterocycles. The highest BCUT2D eigenvalue weighted by Gasteiger charge is 2.02. The van der Waals surface area contributed by atoms with Gasteiger partial charge >= 0.3 is 0 Å². The van der Waals surface area contributed by atoms with Gasteiger partial charge in [0.05, 0.1) is 0 Å². The van der Waals surface area contributed by atoms with Crippen molar-refractivity contribution in [1.82, 2.24) is 10.3 Å². The highest BCUT2D eigenvalue weighted by Crippen LogP contribution is 2.14. The van der Waals surface area contributed by atoms with E-state index < -0.39 is 0 Å². The van der Waals surface area contributed by atoms with E-state index in [0.717, 1.165) is 19.4 Å². The minimum absolute atomic E-state index is 0.677. The topological polar surface area (TPSA) is 50.9 Å². The molecule has 0 atom stereocenters. The fourth-order valence-electron chi connectivity index (χ4n) is 1.38. The highest BCUT2D eigenvalue weighted by atomic mass is 14.8. The fourth-order valence-corrected chi connectivity index (χ4v) is 1.38. The van der Waals surface area contributed by atoms with Crippen molar-refractivity contribution in [2.75, 3.05) is 19.3 Å². The molecule has 1 aromatic heterocycles. The standard InChI is InChI=1S/C10H17N3/c1-8-5-7-13-10(11)9(8)4-3-6-12-2/h5,7,12H,3-4,6H2,1-2H3,(H2,11,13). The van der Waals surface area contributed by atoms with Gasteiger partial charge in [-0.25, -0.2) is 4.98 Å². The summed E-state index contributed by atoms with van der Waals surface area (Å²) in [5.41, 5.74) is 8.20. The Morgan fingerprint density at radius 3 is 2.92 bits per heavy atom. The zero-order valence-electron chi connectivity index (χ0n) is 8.30. The lowest BCUT2D eigenvalue weighted by Gasteiger charge is -2.07. The van der Waals surface area contributed by atoms with Crippen LogP contribution < -0.4 is 11.1 Å². The van der Waals surface area contributed by atoms with Crippen molar-refractivity contribution in [2.45, 2.75) is 19.8 Å². The zero-order chi connectivity index (χ0) is 9.68. The third-order valence-corrected chi connectivity index (χ3v) is 2.18. The molecule has 3 heteroatoms. The maximum atomic E-state index is 5.77. The lowest BCUT2D eigenvalue weighted by atomic mass is 10.1. The minimum atomic E-state index is 0.677. The summed E-state index contributed by atoms with van der Waals surface area (Å²) in [5.74, 6) is 0.677. The van der Waals surface area contributed by atoms with Crippen LogP contribution in [0, 0.1) is 6.92 Å². The van der Waals surface area contributed by atoms with E-state index in [1.807, 2.05) is 13.1 Å². The van der Waals surface area contributed by atoms with E-state index in [2.05, 4.69) is 17.2 Å². The number of anilines is 1. The van der Waals surface area contributed by atoms with Gasteiger partial charge in [-0.3, -0.25) is 0 Å². The molecule has 0 radical (unpaired) electrons. The van der Waals surface area contributed by atoms with Crippen molar-refractivity contribution in [2.24, 2.45) is 0 Å². The third-order valence-electron chi connectivity index (χ3n) is 2.18. The molecule has 0 amide bonds. The summed E-state index contributed by atoms with van der Waals surface area (Å²) in [6.07, 6.45) is 3.87. The van der Waals surface area contributed by atoms with Crippen LogP contribution in [0.2, 0.25) is 0 Å². The number of hydrogen-bond donors (Lipinski definition) is 2. The molecule has 0 aliphatic carbocycles. The van der Waals surface area contributed by atoms with Gasteiger partial charge in [-0.2, -0.15) is 0 Å². The van der Waals surface area contributed by atoms with Crippen molar-refractivity contribution >= 4 is 5.82 Å². The SMILES string of the molecule is CNCCCc1c(C)ccnc1N. The normalized spacial score (nSPS) is 10.3. The van der Waals surface area contributed by atoms with Crippen LogP contribution in [0.5, 0.6) is 0 Å². The first-order valence-corrected chi connectivity index (χ1v) is 4.60. The highest BCUT2D eigenvalue weighted by molar-refractivity contribution is 5.43. The van der Waals surface area contributed by atoms with E-state index in [-0.39, 0.29) is 0 Å². The van der Waals surface area contributed by atoms with Crippen LogP contribution >= 0.6 is 0 Å². The first kappa shape index (κ1) is 9.99. The van der Waals surface area contributed by atoms with E-state index in [1.54, 1.807) is 6.20 Å². The van der Waals surface area contributed by atoms with Gasteiger partial charge in [0.25, 0.3) is 0 Å². The summed E-state index contributed by atoms with van der Waals surface area (Å²) in [7, 11) is 1.96. The molecule has 0 fully saturated rings. The van der Waals surface area contributed by atoms with Crippen molar-refractivity contribution in [1.29, 1.82) is 0 Å². The summed E-state index contributed by atoms with van der Waals surface area (Å²) in [4.78, 5) is 4.08. The summed E-state index contributed by atoms with van der Waals surface area (Å²) in [6, 6.07) is 2.01. The molecule has 72 valence electrons. The van der Waals surface area contributed by atoms with Crippen molar-refractivity contribution in [3.63, 3.8) is 0 Å². The quantitative estimate of drug-likeness (QED) is 0.681. The molecule has 0 aliphatic rings. The molecule has 13 heavy (non-hydrogen) atoms. The van der Waals surface area contributed by atoms with Crippen LogP contribution in [0.25, 0.3) is 0 Å². The predicted octanol–water partition coefficient (Wildman–Crippen LogP) is 1.12. The molecular weight excluding hydrogens is 162 g/mol. The van der Waals surface area contributed by atoms with E-state index in [9.17, 15) is 0 Å². The molecule has 3 nitrogen and oxygen atoms in total. The Balaban J connectivity index is 2.64. The van der Waals surface area contributed by atoms with Crippen molar-refractivity contribution in [3.8, 4) is 0 Å². The van der Waals surface area contributed by atoms with Crippen LogP contribution in [-0.2, 0) is 6.42 Å². The second kappa shape index (κ2) is 4.82. The molecule has 0 unspecified atom stereocenters. The molecule has 0 aromatic carbocycles. The largest absolute Gasteiger partial charge is 0.383 e. The van der Waals surface area contributed by atoms with Crippen LogP contribution in [0.15, 0.2) is 12.3 Å². The monoisotopic (exact) mass is 179 g/mol. The second-order valence-corrected chi connectivity index (χ2v) is 3.20. The number of aromatic nitrogens is 1. The van der Waals surface area contributed by atoms with Gasteiger partial charge in [0.1, 0.15) is 5.82 Å². The number of nitrogens with two attached hydrogens (primary N) is 1. The van der Waals surface area contributed by atoms with E-state index in [0.29, 0.717) is 5.82 Å². The van der Waals surface area contributed by atoms with E-state index in [1.165, 1.54) is 11.1 Å². The number of nitrogen functional groups attached to an aromatic ring is 1. The number of nitrogens with zero attached hydrogens (tertiary/aromatic N) is 1. The lowest BCUT2D eigenvalue weighted by molar-refractivity contribution is 0.722. The number of pyridine rings is 1. The van der Waals surface area contributed by atoms with Crippen LogP contribution in [0.3, 0.4) is 0 Å². The number of hydrogen-bond acceptors (Lipinski definition) is 3. The molecule has 1 rings (SSSR count). The Kier molecular flexibility index (Phi) is 3.71. The molecule has 0 bridgehead atoms. The average Bonchev–Trinajstić information content (AvgIpc) is 2.10. The van der Waals surface area contributed by atoms with Crippen LogP contribution in [-0.4, -0.2) is 18.6 Å². The third kappa shape index (κ3) is 2.70. The molecular formula is C10H17N3. The molecule has 0 saturated heterocycles. The van der Waals surface area contributed by atoms with Crippen molar-refractivity contribution in [3.05, 3.63) is 23.4 Å². The molecule has 1 aromatic rings. The van der Waals surface area contributed by atoms with Crippen molar-refractivity contribution < 1.29 is 0 Å². The summed E-state index contributed by atoms with van der Waals surface area (Å²) < 4.78 is 0. The van der Waals surface area contributed by atoms with Gasteiger partial charge in [-0.1, -0.05) is 0 Å². The molecule has 0 saturated carbocycles.